The first-order chi connectivity index (χ1) is 5.37. The molecule has 0 atom stereocenters. The minimum atomic E-state index is -0.298. The van der Waals surface area contributed by atoms with Crippen molar-refractivity contribution < 1.29 is 9.57 Å². The highest BCUT2D eigenvalue weighted by Crippen LogP contribution is 2.28. The van der Waals surface area contributed by atoms with E-state index in [1.165, 1.54) is 0 Å². The number of hydrogen-bond acceptors (Lipinski definition) is 3. The lowest BCUT2D eigenvalue weighted by atomic mass is 9.93. The van der Waals surface area contributed by atoms with E-state index in [1.807, 2.05) is 27.7 Å². The second-order valence-electron chi connectivity index (χ2n) is 4.28. The van der Waals surface area contributed by atoms with Crippen LogP contribution in [0.4, 0.5) is 0 Å². The predicted octanol–water partition coefficient (Wildman–Crippen LogP) is 2.60. The van der Waals surface area contributed by atoms with E-state index in [0.29, 0.717) is 0 Å². The molecule has 0 aromatic carbocycles. The lowest BCUT2D eigenvalue weighted by Gasteiger charge is -2.22. The highest BCUT2D eigenvalue weighted by molar-refractivity contribution is 5.93. The van der Waals surface area contributed by atoms with Gasteiger partial charge < -0.3 is 9.57 Å². The molecule has 0 aliphatic carbocycles. The van der Waals surface area contributed by atoms with Crippen LogP contribution in [0.3, 0.4) is 0 Å². The van der Waals surface area contributed by atoms with E-state index in [4.69, 9.17) is 9.57 Å². The fraction of sp³-hybridized carbons (Fsp3) is 0.900. The summed E-state index contributed by atoms with van der Waals surface area (Å²) in [6.07, 6.45) is 0.841. The van der Waals surface area contributed by atoms with Crippen LogP contribution >= 0.6 is 0 Å². The summed E-state index contributed by atoms with van der Waals surface area (Å²) in [7, 11) is 1.69. The molecular weight excluding hydrogens is 166 g/mol. The van der Waals surface area contributed by atoms with Crippen molar-refractivity contribution in [2.45, 2.75) is 52.7 Å². The Bertz CT molecular complexity index is 207. The summed E-state index contributed by atoms with van der Waals surface area (Å²) >= 11 is 0. The maximum Gasteiger partial charge on any atom is 0.137 e. The Balaban J connectivity index is 0.00000144. The SMILES string of the molecule is C.COC(C)(C)C1=NOC(C)(C)C1. The molecule has 0 aromatic heterocycles. The van der Waals surface area contributed by atoms with Crippen LogP contribution in [0.15, 0.2) is 5.16 Å². The van der Waals surface area contributed by atoms with Gasteiger partial charge >= 0.3 is 0 Å². The summed E-state index contributed by atoms with van der Waals surface area (Å²) in [6.45, 7) is 8.04. The Hall–Kier alpha value is -0.570. The molecule has 0 amide bonds. The van der Waals surface area contributed by atoms with E-state index in [9.17, 15) is 0 Å². The van der Waals surface area contributed by atoms with E-state index < -0.39 is 0 Å². The summed E-state index contributed by atoms with van der Waals surface area (Å²) in [5, 5.41) is 4.02. The molecule has 0 bridgehead atoms. The van der Waals surface area contributed by atoms with Gasteiger partial charge in [-0.3, -0.25) is 0 Å². The van der Waals surface area contributed by atoms with Gasteiger partial charge in [0.1, 0.15) is 11.2 Å². The van der Waals surface area contributed by atoms with Gasteiger partial charge in [0.25, 0.3) is 0 Å². The Kier molecular flexibility index (Phi) is 3.50. The molecule has 0 spiro atoms. The lowest BCUT2D eigenvalue weighted by Crippen LogP contribution is -2.35. The maximum absolute atomic E-state index is 5.30. The second-order valence-corrected chi connectivity index (χ2v) is 4.28. The van der Waals surface area contributed by atoms with Crippen LogP contribution in [0.25, 0.3) is 0 Å². The number of rotatable bonds is 2. The largest absolute Gasteiger partial charge is 0.389 e. The average Bonchev–Trinajstić information content (AvgIpc) is 2.31. The number of oxime groups is 1. The van der Waals surface area contributed by atoms with E-state index in [1.54, 1.807) is 7.11 Å². The summed E-state index contributed by atoms with van der Waals surface area (Å²) in [5.74, 6) is 0. The highest BCUT2D eigenvalue weighted by Gasteiger charge is 2.37. The molecule has 1 rings (SSSR count). The van der Waals surface area contributed by atoms with E-state index >= 15 is 0 Å². The third kappa shape index (κ3) is 2.69. The predicted molar refractivity (Wildman–Crippen MR) is 55.0 cm³/mol. The topological polar surface area (TPSA) is 30.8 Å². The van der Waals surface area contributed by atoms with Crippen LogP contribution in [0.1, 0.15) is 41.5 Å². The zero-order chi connectivity index (χ0) is 9.41. The molecule has 0 N–H and O–H groups in total. The normalized spacial score (nSPS) is 20.2. The highest BCUT2D eigenvalue weighted by atomic mass is 16.7. The molecule has 0 unspecified atom stereocenters. The van der Waals surface area contributed by atoms with Gasteiger partial charge in [0.2, 0.25) is 0 Å². The van der Waals surface area contributed by atoms with Gasteiger partial charge in [-0.15, -0.1) is 0 Å². The second kappa shape index (κ2) is 3.66. The number of methoxy groups -OCH3 is 1. The van der Waals surface area contributed by atoms with Gasteiger partial charge in [0.15, 0.2) is 0 Å². The third-order valence-electron chi connectivity index (χ3n) is 2.20. The molecule has 0 fully saturated rings. The van der Waals surface area contributed by atoms with Gasteiger partial charge in [-0.05, 0) is 27.7 Å². The van der Waals surface area contributed by atoms with Crippen molar-refractivity contribution in [3.05, 3.63) is 0 Å². The molecule has 0 aromatic rings. The van der Waals surface area contributed by atoms with Gasteiger partial charge in [0, 0.05) is 13.5 Å². The minimum absolute atomic E-state index is 0. The standard InChI is InChI=1S/C9H17NO2.CH4/c1-8(2)6-7(10-12-8)9(3,4)11-5;/h6H2,1-5H3;1H4. The molecule has 1 aliphatic rings. The van der Waals surface area contributed by atoms with Crippen molar-refractivity contribution in [2.75, 3.05) is 7.11 Å². The van der Waals surface area contributed by atoms with Crippen LogP contribution in [-0.2, 0) is 9.57 Å². The van der Waals surface area contributed by atoms with Crippen LogP contribution < -0.4 is 0 Å². The molecule has 0 saturated carbocycles. The summed E-state index contributed by atoms with van der Waals surface area (Å²) < 4.78 is 5.30. The van der Waals surface area contributed by atoms with Crippen molar-refractivity contribution in [2.24, 2.45) is 5.16 Å². The summed E-state index contributed by atoms with van der Waals surface area (Å²) in [4.78, 5) is 5.25. The lowest BCUT2D eigenvalue weighted by molar-refractivity contribution is 0.0123. The molecule has 1 aliphatic heterocycles. The number of nitrogens with zero attached hydrogens (tertiary/aromatic N) is 1. The Morgan fingerprint density at radius 1 is 1.46 bits per heavy atom. The smallest absolute Gasteiger partial charge is 0.137 e. The summed E-state index contributed by atoms with van der Waals surface area (Å²) in [6, 6.07) is 0. The molecule has 1 heterocycles. The first-order valence-electron chi connectivity index (χ1n) is 4.18. The zero-order valence-electron chi connectivity index (χ0n) is 8.47. The van der Waals surface area contributed by atoms with E-state index in [-0.39, 0.29) is 18.6 Å². The quantitative estimate of drug-likeness (QED) is 0.665. The molecule has 3 nitrogen and oxygen atoms in total. The van der Waals surface area contributed by atoms with Gasteiger partial charge in [-0.2, -0.15) is 0 Å². The van der Waals surface area contributed by atoms with Crippen LogP contribution in [-0.4, -0.2) is 24.0 Å². The molecule has 78 valence electrons. The Labute approximate surface area is 81.1 Å². The van der Waals surface area contributed by atoms with E-state index in [2.05, 4.69) is 5.16 Å². The Morgan fingerprint density at radius 3 is 2.31 bits per heavy atom. The summed E-state index contributed by atoms with van der Waals surface area (Å²) in [5.41, 5.74) is 0.522. The van der Waals surface area contributed by atoms with E-state index in [0.717, 1.165) is 12.1 Å². The molecular formula is C10H21NO2. The van der Waals surface area contributed by atoms with Crippen LogP contribution in [0, 0.1) is 0 Å². The monoisotopic (exact) mass is 187 g/mol. The third-order valence-corrected chi connectivity index (χ3v) is 2.20. The average molecular weight is 187 g/mol. The fourth-order valence-electron chi connectivity index (χ4n) is 1.09. The van der Waals surface area contributed by atoms with Gasteiger partial charge in [0.05, 0.1) is 5.71 Å². The Morgan fingerprint density at radius 2 is 2.00 bits per heavy atom. The van der Waals surface area contributed by atoms with Crippen molar-refractivity contribution in [1.29, 1.82) is 0 Å². The molecule has 0 radical (unpaired) electrons. The van der Waals surface area contributed by atoms with Gasteiger partial charge in [-0.25, -0.2) is 0 Å². The van der Waals surface area contributed by atoms with Gasteiger partial charge in [-0.1, -0.05) is 12.6 Å². The van der Waals surface area contributed by atoms with Crippen molar-refractivity contribution >= 4 is 5.71 Å². The molecule has 13 heavy (non-hydrogen) atoms. The fourth-order valence-corrected chi connectivity index (χ4v) is 1.09. The minimum Gasteiger partial charge on any atom is -0.389 e. The zero-order valence-corrected chi connectivity index (χ0v) is 8.47. The van der Waals surface area contributed by atoms with Crippen LogP contribution in [0.5, 0.6) is 0 Å². The number of hydrogen-bond donors (Lipinski definition) is 0. The van der Waals surface area contributed by atoms with Crippen molar-refractivity contribution in [3.8, 4) is 0 Å². The maximum atomic E-state index is 5.30. The molecule has 0 saturated heterocycles. The first-order valence-corrected chi connectivity index (χ1v) is 4.18. The van der Waals surface area contributed by atoms with Crippen LogP contribution in [0.2, 0.25) is 0 Å². The first kappa shape index (κ1) is 12.4. The van der Waals surface area contributed by atoms with Crippen molar-refractivity contribution in [3.63, 3.8) is 0 Å². The van der Waals surface area contributed by atoms with Crippen molar-refractivity contribution in [1.82, 2.24) is 0 Å². The molecule has 3 heteroatoms. The number of ether oxygens (including phenoxy) is 1.